The number of carbonyl (C=O) groups excluding carboxylic acids is 1. The van der Waals surface area contributed by atoms with E-state index in [1.807, 2.05) is 6.92 Å². The lowest BCUT2D eigenvalue weighted by Gasteiger charge is -2.03. The van der Waals surface area contributed by atoms with Gasteiger partial charge in [0.1, 0.15) is 5.15 Å². The van der Waals surface area contributed by atoms with Crippen molar-refractivity contribution in [3.63, 3.8) is 0 Å². The summed E-state index contributed by atoms with van der Waals surface area (Å²) < 4.78 is 5.14. The molecule has 4 nitrogen and oxygen atoms in total. The Morgan fingerprint density at radius 1 is 1.64 bits per heavy atom. The van der Waals surface area contributed by atoms with Crippen molar-refractivity contribution in [2.75, 3.05) is 6.61 Å². The molecule has 0 fully saturated rings. The van der Waals surface area contributed by atoms with Crippen molar-refractivity contribution in [1.29, 1.82) is 0 Å². The number of halogens is 1. The van der Waals surface area contributed by atoms with E-state index in [-0.39, 0.29) is 10.7 Å². The Kier molecular flexibility index (Phi) is 3.85. The first kappa shape index (κ1) is 10.9. The van der Waals surface area contributed by atoms with E-state index in [0.717, 1.165) is 0 Å². The van der Waals surface area contributed by atoms with Gasteiger partial charge in [0, 0.05) is 6.61 Å². The lowest BCUT2D eigenvalue weighted by molar-refractivity contribution is 0.0999. The molecule has 0 saturated heterocycles. The van der Waals surface area contributed by atoms with Crippen LogP contribution in [0, 0.1) is 0 Å². The number of pyridine rings is 1. The quantitative estimate of drug-likeness (QED) is 0.770. The number of primary amides is 1. The van der Waals surface area contributed by atoms with Crippen LogP contribution in [-0.4, -0.2) is 17.5 Å². The highest BCUT2D eigenvalue weighted by atomic mass is 35.5. The van der Waals surface area contributed by atoms with Gasteiger partial charge in [0.25, 0.3) is 5.91 Å². The fourth-order valence-electron chi connectivity index (χ4n) is 0.943. The van der Waals surface area contributed by atoms with Gasteiger partial charge in [0.05, 0.1) is 17.9 Å². The summed E-state index contributed by atoms with van der Waals surface area (Å²) in [5, 5.41) is 0.120. The third kappa shape index (κ3) is 2.68. The molecule has 0 aliphatic heterocycles. The lowest BCUT2D eigenvalue weighted by atomic mass is 10.2. The number of carbonyl (C=O) groups is 1. The fraction of sp³-hybridized carbons (Fsp3) is 0.333. The van der Waals surface area contributed by atoms with Crippen LogP contribution in [0.15, 0.2) is 12.1 Å². The number of amides is 1. The van der Waals surface area contributed by atoms with E-state index in [1.165, 1.54) is 0 Å². The highest BCUT2D eigenvalue weighted by Crippen LogP contribution is 2.13. The van der Waals surface area contributed by atoms with Crippen LogP contribution in [0.1, 0.15) is 23.0 Å². The van der Waals surface area contributed by atoms with Crippen molar-refractivity contribution in [3.8, 4) is 0 Å². The molecule has 76 valence electrons. The van der Waals surface area contributed by atoms with Crippen LogP contribution < -0.4 is 5.73 Å². The van der Waals surface area contributed by atoms with E-state index in [9.17, 15) is 4.79 Å². The van der Waals surface area contributed by atoms with Gasteiger partial charge in [-0.05, 0) is 19.1 Å². The number of nitrogens with two attached hydrogens (primary N) is 1. The van der Waals surface area contributed by atoms with Crippen LogP contribution >= 0.6 is 11.6 Å². The SMILES string of the molecule is CCOCc1ccc(C(N)=O)c(Cl)n1. The average Bonchev–Trinajstić information content (AvgIpc) is 2.14. The molecule has 2 N–H and O–H groups in total. The molecular formula is C9H11ClN2O2. The molecule has 1 rings (SSSR count). The smallest absolute Gasteiger partial charge is 0.251 e. The Morgan fingerprint density at radius 3 is 2.86 bits per heavy atom. The van der Waals surface area contributed by atoms with Crippen molar-refractivity contribution >= 4 is 17.5 Å². The Hall–Kier alpha value is -1.13. The summed E-state index contributed by atoms with van der Waals surface area (Å²) in [6.45, 7) is 2.88. The average molecular weight is 215 g/mol. The second-order valence-corrected chi connectivity index (χ2v) is 3.00. The van der Waals surface area contributed by atoms with Gasteiger partial charge in [0.2, 0.25) is 0 Å². The molecule has 0 atom stereocenters. The minimum atomic E-state index is -0.578. The Morgan fingerprint density at radius 2 is 2.36 bits per heavy atom. The maximum Gasteiger partial charge on any atom is 0.251 e. The van der Waals surface area contributed by atoms with Crippen LogP contribution in [0.2, 0.25) is 5.15 Å². The standard InChI is InChI=1S/C9H11ClN2O2/c1-2-14-5-6-3-4-7(9(11)13)8(10)12-6/h3-4H,2,5H2,1H3,(H2,11,13). The number of nitrogens with zero attached hydrogens (tertiary/aromatic N) is 1. The summed E-state index contributed by atoms with van der Waals surface area (Å²) in [4.78, 5) is 14.8. The Bertz CT molecular complexity index is 342. The molecule has 0 spiro atoms. The zero-order valence-corrected chi connectivity index (χ0v) is 8.54. The highest BCUT2D eigenvalue weighted by molar-refractivity contribution is 6.32. The molecule has 1 aromatic heterocycles. The van der Waals surface area contributed by atoms with E-state index in [0.29, 0.717) is 18.9 Å². The van der Waals surface area contributed by atoms with E-state index < -0.39 is 5.91 Å². The summed E-state index contributed by atoms with van der Waals surface area (Å²) >= 11 is 5.74. The summed E-state index contributed by atoms with van der Waals surface area (Å²) in [6.07, 6.45) is 0. The molecule has 0 aliphatic rings. The largest absolute Gasteiger partial charge is 0.375 e. The third-order valence-electron chi connectivity index (χ3n) is 1.63. The number of aromatic nitrogens is 1. The zero-order valence-electron chi connectivity index (χ0n) is 7.79. The minimum Gasteiger partial charge on any atom is -0.375 e. The van der Waals surface area contributed by atoms with Gasteiger partial charge in [-0.15, -0.1) is 0 Å². The predicted molar refractivity (Wildman–Crippen MR) is 53.1 cm³/mol. The molecule has 0 aliphatic carbocycles. The molecule has 1 amide bonds. The van der Waals surface area contributed by atoms with Crippen LogP contribution in [-0.2, 0) is 11.3 Å². The monoisotopic (exact) mass is 214 g/mol. The molecule has 0 aromatic carbocycles. The molecule has 0 bridgehead atoms. The van der Waals surface area contributed by atoms with Gasteiger partial charge in [0.15, 0.2) is 0 Å². The van der Waals surface area contributed by atoms with E-state index >= 15 is 0 Å². The fourth-order valence-corrected chi connectivity index (χ4v) is 1.21. The normalized spacial score (nSPS) is 10.1. The second-order valence-electron chi connectivity index (χ2n) is 2.64. The molecule has 0 unspecified atom stereocenters. The van der Waals surface area contributed by atoms with Gasteiger partial charge in [-0.1, -0.05) is 11.6 Å². The van der Waals surface area contributed by atoms with Gasteiger partial charge in [-0.3, -0.25) is 4.79 Å². The summed E-state index contributed by atoms with van der Waals surface area (Å²) in [5.74, 6) is -0.578. The molecule has 14 heavy (non-hydrogen) atoms. The Labute approximate surface area is 87.0 Å². The zero-order chi connectivity index (χ0) is 10.6. The van der Waals surface area contributed by atoms with Gasteiger partial charge >= 0.3 is 0 Å². The lowest BCUT2D eigenvalue weighted by Crippen LogP contribution is -2.12. The summed E-state index contributed by atoms with van der Waals surface area (Å²) in [5.41, 5.74) is 5.98. The van der Waals surface area contributed by atoms with Crippen LogP contribution in [0.3, 0.4) is 0 Å². The maximum atomic E-state index is 10.8. The third-order valence-corrected chi connectivity index (χ3v) is 1.91. The Balaban J connectivity index is 2.83. The number of hydrogen-bond donors (Lipinski definition) is 1. The van der Waals surface area contributed by atoms with Crippen LogP contribution in [0.5, 0.6) is 0 Å². The highest BCUT2D eigenvalue weighted by Gasteiger charge is 2.08. The predicted octanol–water partition coefficient (Wildman–Crippen LogP) is 1.37. The van der Waals surface area contributed by atoms with E-state index in [1.54, 1.807) is 12.1 Å². The molecule has 1 heterocycles. The minimum absolute atomic E-state index is 0.120. The van der Waals surface area contributed by atoms with Crippen molar-refractivity contribution in [1.82, 2.24) is 4.98 Å². The van der Waals surface area contributed by atoms with Crippen molar-refractivity contribution < 1.29 is 9.53 Å². The van der Waals surface area contributed by atoms with E-state index in [2.05, 4.69) is 4.98 Å². The molecule has 5 heteroatoms. The summed E-state index contributed by atoms with van der Waals surface area (Å²) in [7, 11) is 0. The second kappa shape index (κ2) is 4.93. The number of hydrogen-bond acceptors (Lipinski definition) is 3. The van der Waals surface area contributed by atoms with Gasteiger partial charge in [-0.25, -0.2) is 4.98 Å². The van der Waals surface area contributed by atoms with Crippen LogP contribution in [0.25, 0.3) is 0 Å². The molecular weight excluding hydrogens is 204 g/mol. The maximum absolute atomic E-state index is 10.8. The van der Waals surface area contributed by atoms with Gasteiger partial charge in [-0.2, -0.15) is 0 Å². The number of ether oxygens (including phenoxy) is 1. The van der Waals surface area contributed by atoms with Crippen LogP contribution in [0.4, 0.5) is 0 Å². The van der Waals surface area contributed by atoms with Crippen molar-refractivity contribution in [2.24, 2.45) is 5.73 Å². The van der Waals surface area contributed by atoms with Crippen molar-refractivity contribution in [3.05, 3.63) is 28.5 Å². The molecule has 0 saturated carbocycles. The molecule has 0 radical (unpaired) electrons. The topological polar surface area (TPSA) is 65.2 Å². The first-order chi connectivity index (χ1) is 6.65. The first-order valence-electron chi connectivity index (χ1n) is 4.18. The van der Waals surface area contributed by atoms with E-state index in [4.69, 9.17) is 22.1 Å². The first-order valence-corrected chi connectivity index (χ1v) is 4.56. The molecule has 1 aromatic rings. The van der Waals surface area contributed by atoms with Gasteiger partial charge < -0.3 is 10.5 Å². The van der Waals surface area contributed by atoms with Crippen molar-refractivity contribution in [2.45, 2.75) is 13.5 Å². The summed E-state index contributed by atoms with van der Waals surface area (Å²) in [6, 6.07) is 3.22. The number of rotatable bonds is 4.